The van der Waals surface area contributed by atoms with E-state index in [0.717, 1.165) is 0 Å². The van der Waals surface area contributed by atoms with E-state index in [1.807, 2.05) is 4.90 Å². The Morgan fingerprint density at radius 2 is 1.67 bits per heavy atom. The molecule has 242 valence electrons. The fourth-order valence-electron chi connectivity index (χ4n) is 4.50. The van der Waals surface area contributed by atoms with Crippen LogP contribution in [0.4, 0.5) is 18.9 Å². The van der Waals surface area contributed by atoms with Gasteiger partial charge in [0.2, 0.25) is 0 Å². The number of aliphatic carboxylic acids is 2. The number of aryl methyl sites for hydroxylation is 1. The Balaban J connectivity index is 0.000000610. The molecular formula is C29H33F3N6O7. The fraction of sp³-hybridized carbons (Fsp3) is 0.379. The van der Waals surface area contributed by atoms with Crippen molar-refractivity contribution >= 4 is 17.6 Å². The lowest BCUT2D eigenvalue weighted by Gasteiger charge is -2.36. The molecule has 45 heavy (non-hydrogen) atoms. The van der Waals surface area contributed by atoms with Crippen molar-refractivity contribution in [2.75, 3.05) is 44.2 Å². The molecule has 4 rings (SSSR count). The van der Waals surface area contributed by atoms with Crippen molar-refractivity contribution in [3.05, 3.63) is 93.3 Å². The van der Waals surface area contributed by atoms with Crippen molar-refractivity contribution in [3.8, 4) is 5.75 Å². The van der Waals surface area contributed by atoms with Crippen LogP contribution in [-0.2, 0) is 22.7 Å². The molecule has 13 nitrogen and oxygen atoms in total. The lowest BCUT2D eigenvalue weighted by Crippen LogP contribution is -2.47. The molecule has 3 heterocycles. The minimum absolute atomic E-state index is 0.213. The van der Waals surface area contributed by atoms with Gasteiger partial charge in [0.25, 0.3) is 5.56 Å². The van der Waals surface area contributed by atoms with E-state index < -0.39 is 24.7 Å². The van der Waals surface area contributed by atoms with Crippen LogP contribution in [0.25, 0.3) is 0 Å². The number of benzene rings is 1. The van der Waals surface area contributed by atoms with Crippen LogP contribution >= 0.6 is 0 Å². The molecule has 0 aliphatic carbocycles. The monoisotopic (exact) mass is 634 g/mol. The predicted octanol–water partition coefficient (Wildman–Crippen LogP) is 2.02. The van der Waals surface area contributed by atoms with Gasteiger partial charge in [-0.15, -0.1) is 0 Å². The Morgan fingerprint density at radius 3 is 2.27 bits per heavy atom. The van der Waals surface area contributed by atoms with Crippen LogP contribution in [0.2, 0.25) is 0 Å². The van der Waals surface area contributed by atoms with Gasteiger partial charge in [0.15, 0.2) is 6.61 Å². The normalized spacial score (nSPS) is 13.7. The molecule has 16 heteroatoms. The summed E-state index contributed by atoms with van der Waals surface area (Å²) in [6, 6.07) is 6.74. The van der Waals surface area contributed by atoms with E-state index in [4.69, 9.17) is 14.9 Å². The summed E-state index contributed by atoms with van der Waals surface area (Å²) < 4.78 is 45.6. The van der Waals surface area contributed by atoms with Crippen LogP contribution in [0.15, 0.2) is 70.8 Å². The number of rotatable bonds is 11. The Bertz CT molecular complexity index is 1570. The Labute approximate surface area is 255 Å². The number of anilines is 1. The Hall–Kier alpha value is -4.99. The number of hydrogen-bond acceptors (Lipinski definition) is 9. The average Bonchev–Trinajstić information content (AvgIpc) is 3.00. The lowest BCUT2D eigenvalue weighted by molar-refractivity contribution is -0.153. The number of halogens is 3. The second-order valence-electron chi connectivity index (χ2n) is 9.94. The van der Waals surface area contributed by atoms with Gasteiger partial charge in [-0.25, -0.2) is 14.4 Å². The zero-order valence-electron chi connectivity index (χ0n) is 24.4. The summed E-state index contributed by atoms with van der Waals surface area (Å²) in [5, 5.41) is 15.6. The van der Waals surface area contributed by atoms with Crippen LogP contribution in [0.5, 0.6) is 5.75 Å². The number of carboxylic acid groups (broad SMARTS) is 2. The van der Waals surface area contributed by atoms with Crippen LogP contribution in [0.3, 0.4) is 0 Å². The molecule has 2 N–H and O–H groups in total. The SMILES string of the molecule is Cc1cn(Cc2cnccn2)c(=O)n(CCCN2CCN(c3ccccc3OCC(F)(F)F)CC2)c1=O.O=C(O)/C=C/C(=O)O. The smallest absolute Gasteiger partial charge is 0.422 e. The van der Waals surface area contributed by atoms with Gasteiger partial charge in [-0.05, 0) is 32.0 Å². The molecule has 0 radical (unpaired) electrons. The maximum absolute atomic E-state index is 13.0. The third-order valence-electron chi connectivity index (χ3n) is 6.55. The summed E-state index contributed by atoms with van der Waals surface area (Å²) in [5.41, 5.74) is 1.05. The summed E-state index contributed by atoms with van der Waals surface area (Å²) >= 11 is 0. The largest absolute Gasteiger partial charge is 0.482 e. The van der Waals surface area contributed by atoms with E-state index in [2.05, 4.69) is 14.9 Å². The van der Waals surface area contributed by atoms with Crippen LogP contribution in [-0.4, -0.2) is 91.7 Å². The zero-order valence-corrected chi connectivity index (χ0v) is 24.4. The first-order chi connectivity index (χ1) is 21.3. The summed E-state index contributed by atoms with van der Waals surface area (Å²) in [7, 11) is 0. The van der Waals surface area contributed by atoms with Gasteiger partial charge in [0.1, 0.15) is 5.75 Å². The molecule has 0 unspecified atom stereocenters. The number of carbonyl (C=O) groups is 2. The van der Waals surface area contributed by atoms with Crippen molar-refractivity contribution in [3.63, 3.8) is 0 Å². The molecule has 0 amide bonds. The van der Waals surface area contributed by atoms with Crippen molar-refractivity contribution in [1.29, 1.82) is 0 Å². The standard InChI is InChI=1S/C25H29F3N6O3.C4H4O4/c1-19-16-33(17-20-15-29-7-8-30-20)24(36)34(23(19)35)10-4-9-31-11-13-32(14-12-31)21-5-2-3-6-22(21)37-18-25(26,27)28;5-3(6)1-2-4(7)8/h2-3,5-8,15-16H,4,9-14,17-18H2,1H3;1-2H,(H,5,6)(H,7,8)/b;2-1+. The quantitative estimate of drug-likeness (QED) is 0.297. The highest BCUT2D eigenvalue weighted by Gasteiger charge is 2.29. The number of alkyl halides is 3. The molecule has 0 bridgehead atoms. The summed E-state index contributed by atoms with van der Waals surface area (Å²) in [6.07, 6.45) is 3.56. The third-order valence-corrected chi connectivity index (χ3v) is 6.55. The molecule has 1 aromatic carbocycles. The lowest BCUT2D eigenvalue weighted by atomic mass is 10.2. The maximum atomic E-state index is 13.0. The first kappa shape index (κ1) is 34.5. The minimum atomic E-state index is -4.40. The molecule has 1 aliphatic rings. The van der Waals surface area contributed by atoms with Crippen molar-refractivity contribution in [2.24, 2.45) is 0 Å². The summed E-state index contributed by atoms with van der Waals surface area (Å²) in [4.78, 5) is 57.1. The summed E-state index contributed by atoms with van der Waals surface area (Å²) in [6.45, 7) is 4.20. The van der Waals surface area contributed by atoms with Gasteiger partial charge in [0, 0.05) is 69.0 Å². The van der Waals surface area contributed by atoms with Crippen LogP contribution in [0.1, 0.15) is 17.7 Å². The molecule has 1 saturated heterocycles. The number of aromatic nitrogens is 4. The Morgan fingerprint density at radius 1 is 1.00 bits per heavy atom. The topological polar surface area (TPSA) is 160 Å². The number of nitrogens with zero attached hydrogens (tertiary/aromatic N) is 6. The summed E-state index contributed by atoms with van der Waals surface area (Å²) in [5.74, 6) is -2.30. The first-order valence-corrected chi connectivity index (χ1v) is 13.8. The van der Waals surface area contributed by atoms with Gasteiger partial charge in [-0.3, -0.25) is 28.8 Å². The molecule has 3 aromatic rings. The van der Waals surface area contributed by atoms with Gasteiger partial charge < -0.3 is 19.8 Å². The molecule has 0 saturated carbocycles. The first-order valence-electron chi connectivity index (χ1n) is 13.8. The number of hydrogen-bond donors (Lipinski definition) is 2. The number of piperazine rings is 1. The Kier molecular flexibility index (Phi) is 12.4. The molecule has 1 fully saturated rings. The van der Waals surface area contributed by atoms with Gasteiger partial charge in [0.05, 0.1) is 24.1 Å². The number of para-hydroxylation sites is 2. The fourth-order valence-corrected chi connectivity index (χ4v) is 4.50. The van der Waals surface area contributed by atoms with Crippen molar-refractivity contribution < 1.29 is 37.7 Å². The average molecular weight is 635 g/mol. The molecular weight excluding hydrogens is 601 g/mol. The highest BCUT2D eigenvalue weighted by atomic mass is 19.4. The van der Waals surface area contributed by atoms with E-state index in [1.54, 1.807) is 56.0 Å². The van der Waals surface area contributed by atoms with E-state index in [9.17, 15) is 32.3 Å². The zero-order chi connectivity index (χ0) is 33.0. The van der Waals surface area contributed by atoms with E-state index in [-0.39, 0.29) is 30.1 Å². The maximum Gasteiger partial charge on any atom is 0.422 e. The predicted molar refractivity (Wildman–Crippen MR) is 157 cm³/mol. The van der Waals surface area contributed by atoms with Gasteiger partial charge >= 0.3 is 23.8 Å². The van der Waals surface area contributed by atoms with E-state index in [0.29, 0.717) is 68.2 Å². The third kappa shape index (κ3) is 11.2. The van der Waals surface area contributed by atoms with Crippen LogP contribution < -0.4 is 20.9 Å². The van der Waals surface area contributed by atoms with Crippen LogP contribution in [0, 0.1) is 6.92 Å². The minimum Gasteiger partial charge on any atom is -0.482 e. The van der Waals surface area contributed by atoms with E-state index in [1.165, 1.54) is 9.13 Å². The van der Waals surface area contributed by atoms with Crippen molar-refractivity contribution in [2.45, 2.75) is 32.6 Å². The highest BCUT2D eigenvalue weighted by molar-refractivity contribution is 5.89. The highest BCUT2D eigenvalue weighted by Crippen LogP contribution is 2.30. The van der Waals surface area contributed by atoms with E-state index >= 15 is 0 Å². The molecule has 2 aromatic heterocycles. The van der Waals surface area contributed by atoms with Gasteiger partial charge in [-0.1, -0.05) is 12.1 Å². The number of ether oxygens (including phenoxy) is 1. The second kappa shape index (κ2) is 16.2. The van der Waals surface area contributed by atoms with Crippen molar-refractivity contribution in [1.82, 2.24) is 24.0 Å². The second-order valence-corrected chi connectivity index (χ2v) is 9.94. The number of carboxylic acids is 2. The molecule has 1 aliphatic heterocycles. The molecule has 0 spiro atoms. The van der Waals surface area contributed by atoms with Gasteiger partial charge in [-0.2, -0.15) is 13.2 Å². The molecule has 0 atom stereocenters.